The summed E-state index contributed by atoms with van der Waals surface area (Å²) < 4.78 is 5.72. The van der Waals surface area contributed by atoms with E-state index in [1.807, 2.05) is 38.1 Å². The van der Waals surface area contributed by atoms with Crippen molar-refractivity contribution >= 4 is 35.2 Å². The van der Waals surface area contributed by atoms with Crippen LogP contribution in [-0.2, 0) is 4.79 Å². The molecule has 1 amide bonds. The highest BCUT2D eigenvalue weighted by atomic mass is 35.5. The Balaban J connectivity index is 1.85. The van der Waals surface area contributed by atoms with Gasteiger partial charge in [-0.2, -0.15) is 0 Å². The van der Waals surface area contributed by atoms with Crippen molar-refractivity contribution in [2.45, 2.75) is 19.9 Å². The second-order valence-corrected chi connectivity index (χ2v) is 6.33. The molecule has 2 aromatic carbocycles. The number of nitrogens with one attached hydrogen (secondary N) is 1. The minimum Gasteiger partial charge on any atom is -0.491 e. The molecule has 2 aromatic rings. The zero-order chi connectivity index (χ0) is 17.5. The Labute approximate surface area is 152 Å². The standard InChI is InChI=1S/C19H19Cl2NO2/c1-13-5-3-4-6-18(13)24-12-14(2)22-19(23)10-8-15-7-9-16(20)11-17(15)21/h3-11,14H,12H2,1-2H3,(H,22,23)/b10-8+/t14-/m1/s1. The van der Waals surface area contributed by atoms with Crippen LogP contribution >= 0.6 is 23.2 Å². The number of benzene rings is 2. The molecule has 0 spiro atoms. The fourth-order valence-electron chi connectivity index (χ4n) is 2.07. The Hall–Kier alpha value is -1.97. The van der Waals surface area contributed by atoms with Crippen molar-refractivity contribution in [1.29, 1.82) is 0 Å². The lowest BCUT2D eigenvalue weighted by Gasteiger charge is -2.15. The van der Waals surface area contributed by atoms with Crippen molar-refractivity contribution in [2.75, 3.05) is 6.61 Å². The summed E-state index contributed by atoms with van der Waals surface area (Å²) in [6, 6.07) is 12.8. The molecule has 1 atom stereocenters. The lowest BCUT2D eigenvalue weighted by atomic mass is 10.2. The van der Waals surface area contributed by atoms with Crippen molar-refractivity contribution in [2.24, 2.45) is 0 Å². The first-order valence-corrected chi connectivity index (χ1v) is 8.33. The molecular formula is C19H19Cl2NO2. The van der Waals surface area contributed by atoms with Crippen LogP contribution in [0.3, 0.4) is 0 Å². The summed E-state index contributed by atoms with van der Waals surface area (Å²) in [5.74, 6) is 0.615. The van der Waals surface area contributed by atoms with E-state index in [9.17, 15) is 4.79 Å². The average Bonchev–Trinajstić information content (AvgIpc) is 2.53. The summed E-state index contributed by atoms with van der Waals surface area (Å²) in [5, 5.41) is 3.91. The summed E-state index contributed by atoms with van der Waals surface area (Å²) in [4.78, 5) is 12.0. The van der Waals surface area contributed by atoms with E-state index in [1.54, 1.807) is 24.3 Å². The molecule has 0 unspecified atom stereocenters. The van der Waals surface area contributed by atoms with E-state index in [2.05, 4.69) is 5.32 Å². The minimum atomic E-state index is -0.207. The van der Waals surface area contributed by atoms with Crippen molar-refractivity contribution in [3.8, 4) is 5.75 Å². The van der Waals surface area contributed by atoms with E-state index < -0.39 is 0 Å². The zero-order valence-corrected chi connectivity index (χ0v) is 15.1. The molecule has 0 heterocycles. The summed E-state index contributed by atoms with van der Waals surface area (Å²) >= 11 is 11.9. The molecule has 5 heteroatoms. The number of hydrogen-bond donors (Lipinski definition) is 1. The highest BCUT2D eigenvalue weighted by Gasteiger charge is 2.07. The van der Waals surface area contributed by atoms with Gasteiger partial charge in [0.05, 0.1) is 6.04 Å². The van der Waals surface area contributed by atoms with E-state index >= 15 is 0 Å². The maximum Gasteiger partial charge on any atom is 0.244 e. The molecule has 0 saturated carbocycles. The van der Waals surface area contributed by atoms with Gasteiger partial charge in [-0.1, -0.05) is 47.5 Å². The third-order valence-corrected chi connectivity index (χ3v) is 3.91. The van der Waals surface area contributed by atoms with Gasteiger partial charge in [-0.25, -0.2) is 0 Å². The molecule has 24 heavy (non-hydrogen) atoms. The summed E-state index contributed by atoms with van der Waals surface area (Å²) in [6.45, 7) is 4.27. The molecule has 3 nitrogen and oxygen atoms in total. The fourth-order valence-corrected chi connectivity index (χ4v) is 2.54. The van der Waals surface area contributed by atoms with E-state index in [0.717, 1.165) is 16.9 Å². The van der Waals surface area contributed by atoms with Gasteiger partial charge < -0.3 is 10.1 Å². The molecular weight excluding hydrogens is 345 g/mol. The molecule has 0 aliphatic rings. The molecule has 1 N–H and O–H groups in total. The van der Waals surface area contributed by atoms with Crippen LogP contribution in [0.2, 0.25) is 10.0 Å². The molecule has 2 rings (SSSR count). The van der Waals surface area contributed by atoms with Crippen LogP contribution in [0.15, 0.2) is 48.5 Å². The highest BCUT2D eigenvalue weighted by molar-refractivity contribution is 6.35. The minimum absolute atomic E-state index is 0.123. The van der Waals surface area contributed by atoms with Gasteiger partial charge in [0.15, 0.2) is 0 Å². The highest BCUT2D eigenvalue weighted by Crippen LogP contribution is 2.22. The SMILES string of the molecule is Cc1ccccc1OC[C@@H](C)NC(=O)/C=C/c1ccc(Cl)cc1Cl. The molecule has 0 saturated heterocycles. The summed E-state index contributed by atoms with van der Waals surface area (Å²) in [7, 11) is 0. The van der Waals surface area contributed by atoms with E-state index in [4.69, 9.17) is 27.9 Å². The van der Waals surface area contributed by atoms with E-state index in [-0.39, 0.29) is 11.9 Å². The lowest BCUT2D eigenvalue weighted by molar-refractivity contribution is -0.117. The van der Waals surface area contributed by atoms with Crippen LogP contribution in [0, 0.1) is 6.92 Å². The molecule has 0 bridgehead atoms. The first kappa shape index (κ1) is 18.4. The van der Waals surface area contributed by atoms with Crippen LogP contribution < -0.4 is 10.1 Å². The second kappa shape index (κ2) is 8.76. The first-order chi connectivity index (χ1) is 11.5. The second-order valence-electron chi connectivity index (χ2n) is 5.49. The number of hydrogen-bond acceptors (Lipinski definition) is 2. The number of carbonyl (C=O) groups excluding carboxylic acids is 1. The Morgan fingerprint density at radius 3 is 2.71 bits per heavy atom. The predicted octanol–water partition coefficient (Wildman–Crippen LogP) is 4.90. The van der Waals surface area contributed by atoms with Gasteiger partial charge in [0.25, 0.3) is 0 Å². The van der Waals surface area contributed by atoms with Gasteiger partial charge in [-0.3, -0.25) is 4.79 Å². The number of carbonyl (C=O) groups is 1. The lowest BCUT2D eigenvalue weighted by Crippen LogP contribution is -2.35. The van der Waals surface area contributed by atoms with Gasteiger partial charge in [0.1, 0.15) is 12.4 Å². The van der Waals surface area contributed by atoms with Crippen LogP contribution in [0.4, 0.5) is 0 Å². The largest absolute Gasteiger partial charge is 0.491 e. The molecule has 0 radical (unpaired) electrons. The van der Waals surface area contributed by atoms with Gasteiger partial charge in [0, 0.05) is 16.1 Å². The Kier molecular flexibility index (Phi) is 6.71. The Morgan fingerprint density at radius 1 is 1.25 bits per heavy atom. The summed E-state index contributed by atoms with van der Waals surface area (Å²) in [6.07, 6.45) is 3.10. The van der Waals surface area contributed by atoms with Crippen LogP contribution in [0.5, 0.6) is 5.75 Å². The van der Waals surface area contributed by atoms with Crippen LogP contribution in [0.1, 0.15) is 18.1 Å². The third-order valence-electron chi connectivity index (χ3n) is 3.35. The van der Waals surface area contributed by atoms with Crippen molar-refractivity contribution in [3.63, 3.8) is 0 Å². The normalized spacial score (nSPS) is 12.2. The van der Waals surface area contributed by atoms with Gasteiger partial charge >= 0.3 is 0 Å². The number of rotatable bonds is 6. The van der Waals surface area contributed by atoms with Crippen molar-refractivity contribution in [3.05, 3.63) is 69.7 Å². The Bertz CT molecular complexity index is 744. The van der Waals surface area contributed by atoms with Gasteiger partial charge in [-0.15, -0.1) is 0 Å². The average molecular weight is 364 g/mol. The van der Waals surface area contributed by atoms with Crippen LogP contribution in [0.25, 0.3) is 6.08 Å². The third kappa shape index (κ3) is 5.59. The first-order valence-electron chi connectivity index (χ1n) is 7.58. The predicted molar refractivity (Wildman–Crippen MR) is 99.8 cm³/mol. The molecule has 126 valence electrons. The number of amides is 1. The van der Waals surface area contributed by atoms with E-state index in [1.165, 1.54) is 6.08 Å². The molecule has 0 fully saturated rings. The van der Waals surface area contributed by atoms with E-state index in [0.29, 0.717) is 16.7 Å². The maximum absolute atomic E-state index is 12.0. The molecule has 0 aliphatic carbocycles. The van der Waals surface area contributed by atoms with Gasteiger partial charge in [0.2, 0.25) is 5.91 Å². The maximum atomic E-state index is 12.0. The topological polar surface area (TPSA) is 38.3 Å². The monoisotopic (exact) mass is 363 g/mol. The molecule has 0 aliphatic heterocycles. The van der Waals surface area contributed by atoms with Gasteiger partial charge in [-0.05, 0) is 49.2 Å². The summed E-state index contributed by atoms with van der Waals surface area (Å²) in [5.41, 5.74) is 1.80. The van der Waals surface area contributed by atoms with Crippen molar-refractivity contribution < 1.29 is 9.53 Å². The number of ether oxygens (including phenoxy) is 1. The number of para-hydroxylation sites is 1. The Morgan fingerprint density at radius 2 is 2.00 bits per heavy atom. The zero-order valence-electron chi connectivity index (χ0n) is 13.6. The molecule has 0 aromatic heterocycles. The number of aryl methyl sites for hydroxylation is 1. The number of halogens is 2. The van der Waals surface area contributed by atoms with Crippen molar-refractivity contribution in [1.82, 2.24) is 5.32 Å². The smallest absolute Gasteiger partial charge is 0.244 e. The quantitative estimate of drug-likeness (QED) is 0.741. The van der Waals surface area contributed by atoms with Crippen LogP contribution in [-0.4, -0.2) is 18.6 Å². The fraction of sp³-hybridized carbons (Fsp3) is 0.211.